The van der Waals surface area contributed by atoms with Crippen molar-refractivity contribution in [1.82, 2.24) is 4.31 Å². The number of nitrogens with zero attached hydrogens (tertiary/aromatic N) is 1. The Bertz CT molecular complexity index is 361. The Morgan fingerprint density at radius 1 is 1.50 bits per heavy atom. The van der Waals surface area contributed by atoms with Gasteiger partial charge >= 0.3 is 9.24 Å². The van der Waals surface area contributed by atoms with Crippen LogP contribution in [-0.2, 0) is 14.0 Å². The normalized spacial score (nSPS) is 33.4. The summed E-state index contributed by atoms with van der Waals surface area (Å²) in [6, 6.07) is -0.343. The molecule has 0 radical (unpaired) electrons. The monoisotopic (exact) mass is 207 g/mol. The van der Waals surface area contributed by atoms with Gasteiger partial charge in [-0.15, -0.1) is 0 Å². The van der Waals surface area contributed by atoms with E-state index in [9.17, 15) is 13.2 Å². The highest BCUT2D eigenvalue weighted by Crippen LogP contribution is 2.35. The summed E-state index contributed by atoms with van der Waals surface area (Å²) < 4.78 is 22.5. The first-order valence-corrected chi connectivity index (χ1v) is 5.73. The molecule has 66 valence electrons. The second-order valence-electron chi connectivity index (χ2n) is 2.87. The van der Waals surface area contributed by atoms with Crippen LogP contribution < -0.4 is 0 Å². The van der Waals surface area contributed by atoms with Crippen LogP contribution in [0, 0.1) is 5.92 Å². The molecule has 1 aliphatic carbocycles. The van der Waals surface area contributed by atoms with E-state index in [-0.39, 0.29) is 12.0 Å². The van der Waals surface area contributed by atoms with Gasteiger partial charge in [-0.1, -0.05) is 12.2 Å². The van der Waals surface area contributed by atoms with Crippen molar-refractivity contribution in [2.24, 2.45) is 5.92 Å². The van der Waals surface area contributed by atoms with E-state index >= 15 is 0 Å². The van der Waals surface area contributed by atoms with E-state index in [1.165, 1.54) is 0 Å². The number of carbonyl (C=O) groups excluding carboxylic acids is 1. The van der Waals surface area contributed by atoms with Crippen LogP contribution in [-0.4, -0.2) is 24.7 Å². The van der Waals surface area contributed by atoms with E-state index in [1.807, 2.05) is 0 Å². The third kappa shape index (κ3) is 0.964. The third-order valence-corrected chi connectivity index (χ3v) is 3.50. The highest BCUT2D eigenvalue weighted by molar-refractivity contribution is 8.12. The molecule has 0 saturated carbocycles. The van der Waals surface area contributed by atoms with E-state index in [0.717, 1.165) is 4.31 Å². The number of carbonyl (C=O) groups is 1. The van der Waals surface area contributed by atoms with Gasteiger partial charge < -0.3 is 0 Å². The molecule has 0 spiro atoms. The Hall–Kier alpha value is -0.550. The molecular weight excluding hydrogens is 202 g/mol. The van der Waals surface area contributed by atoms with Gasteiger partial charge in [0, 0.05) is 10.7 Å². The molecule has 1 amide bonds. The van der Waals surface area contributed by atoms with Crippen LogP contribution in [0.5, 0.6) is 0 Å². The van der Waals surface area contributed by atoms with Gasteiger partial charge in [0.05, 0.1) is 12.0 Å². The second-order valence-corrected chi connectivity index (χ2v) is 5.26. The summed E-state index contributed by atoms with van der Waals surface area (Å²) in [6.45, 7) is 0. The van der Waals surface area contributed by atoms with Gasteiger partial charge in [-0.2, -0.15) is 8.42 Å². The summed E-state index contributed by atoms with van der Waals surface area (Å²) in [5.74, 6) is -0.680. The minimum Gasteiger partial charge on any atom is -0.273 e. The average Bonchev–Trinajstić information content (AvgIpc) is 2.42. The van der Waals surface area contributed by atoms with Crippen molar-refractivity contribution < 1.29 is 13.2 Å². The minimum absolute atomic E-state index is 0.275. The quantitative estimate of drug-likeness (QED) is 0.458. The minimum atomic E-state index is -3.88. The Balaban J connectivity index is 2.43. The molecule has 0 aromatic rings. The van der Waals surface area contributed by atoms with Crippen LogP contribution in [0.15, 0.2) is 12.2 Å². The van der Waals surface area contributed by atoms with Crippen molar-refractivity contribution in [2.45, 2.75) is 12.5 Å². The molecule has 1 heterocycles. The predicted octanol–water partition coefficient (Wildman–Crippen LogP) is 0.257. The topological polar surface area (TPSA) is 54.5 Å². The zero-order valence-electron chi connectivity index (χ0n) is 5.97. The molecule has 2 unspecified atom stereocenters. The largest absolute Gasteiger partial charge is 0.324 e. The van der Waals surface area contributed by atoms with E-state index in [4.69, 9.17) is 10.7 Å². The summed E-state index contributed by atoms with van der Waals surface area (Å²) >= 11 is 0. The van der Waals surface area contributed by atoms with Gasteiger partial charge in [-0.25, -0.2) is 4.31 Å². The molecule has 0 aromatic heterocycles. The lowest BCUT2D eigenvalue weighted by Gasteiger charge is -2.19. The van der Waals surface area contributed by atoms with Gasteiger partial charge in [0.25, 0.3) is 0 Å². The fourth-order valence-corrected chi connectivity index (χ4v) is 2.97. The predicted molar refractivity (Wildman–Crippen MR) is 42.7 cm³/mol. The molecule has 1 saturated heterocycles. The van der Waals surface area contributed by atoms with Crippen molar-refractivity contribution >= 4 is 25.8 Å². The maximum atomic E-state index is 11.2. The Morgan fingerprint density at radius 2 is 2.17 bits per heavy atom. The van der Waals surface area contributed by atoms with E-state index in [2.05, 4.69) is 0 Å². The second kappa shape index (κ2) is 2.23. The zero-order valence-corrected chi connectivity index (χ0v) is 7.55. The van der Waals surface area contributed by atoms with Crippen LogP contribution in [0.3, 0.4) is 0 Å². The number of halogens is 1. The highest BCUT2D eigenvalue weighted by atomic mass is 35.7. The molecule has 1 fully saturated rings. The Morgan fingerprint density at radius 3 is 2.50 bits per heavy atom. The van der Waals surface area contributed by atoms with Crippen molar-refractivity contribution in [3.8, 4) is 0 Å². The van der Waals surface area contributed by atoms with Gasteiger partial charge in [0.15, 0.2) is 0 Å². The lowest BCUT2D eigenvalue weighted by Crippen LogP contribution is -2.37. The summed E-state index contributed by atoms with van der Waals surface area (Å²) in [4.78, 5) is 11.2. The maximum Gasteiger partial charge on any atom is 0.324 e. The molecule has 2 atom stereocenters. The first-order chi connectivity index (χ1) is 5.50. The third-order valence-electron chi connectivity index (χ3n) is 2.13. The lowest BCUT2D eigenvalue weighted by molar-refractivity contribution is -0.126. The van der Waals surface area contributed by atoms with Crippen molar-refractivity contribution in [3.05, 3.63) is 12.2 Å². The van der Waals surface area contributed by atoms with E-state index in [1.54, 1.807) is 12.2 Å². The smallest absolute Gasteiger partial charge is 0.273 e. The lowest BCUT2D eigenvalue weighted by atomic mass is 10.1. The van der Waals surface area contributed by atoms with E-state index < -0.39 is 15.1 Å². The SMILES string of the molecule is O=C1C2C=CC(C2)N1S(=O)(=O)Cl. The van der Waals surface area contributed by atoms with Gasteiger partial charge in [0.1, 0.15) is 0 Å². The van der Waals surface area contributed by atoms with Gasteiger partial charge in [0.2, 0.25) is 5.91 Å². The molecule has 12 heavy (non-hydrogen) atoms. The number of hydrogen-bond donors (Lipinski definition) is 0. The molecule has 0 N–H and O–H groups in total. The number of amides is 1. The number of fused-ring (bicyclic) bond motifs is 2. The van der Waals surface area contributed by atoms with Crippen molar-refractivity contribution in [1.29, 1.82) is 0 Å². The summed E-state index contributed by atoms with van der Waals surface area (Å²) in [7, 11) is 1.19. The zero-order chi connectivity index (χ0) is 8.93. The standard InChI is InChI=1S/C6H6ClNO3S/c7-12(10,11)8-5-2-1-4(3-5)6(8)9/h1-2,4-5H,3H2. The fraction of sp³-hybridized carbons (Fsp3) is 0.500. The molecule has 1 aliphatic heterocycles. The first-order valence-electron chi connectivity index (χ1n) is 3.46. The molecule has 2 rings (SSSR count). The van der Waals surface area contributed by atoms with Crippen LogP contribution in [0.1, 0.15) is 6.42 Å². The highest BCUT2D eigenvalue weighted by Gasteiger charge is 2.46. The van der Waals surface area contributed by atoms with Crippen LogP contribution in [0.4, 0.5) is 0 Å². The van der Waals surface area contributed by atoms with Crippen LogP contribution >= 0.6 is 10.7 Å². The summed E-state index contributed by atoms with van der Waals surface area (Å²) in [6.07, 6.45) is 3.97. The summed E-state index contributed by atoms with van der Waals surface area (Å²) in [5, 5.41) is 0. The van der Waals surface area contributed by atoms with Crippen molar-refractivity contribution in [2.75, 3.05) is 0 Å². The molecule has 0 aromatic carbocycles. The van der Waals surface area contributed by atoms with Gasteiger partial charge in [-0.05, 0) is 6.42 Å². The van der Waals surface area contributed by atoms with Crippen molar-refractivity contribution in [3.63, 3.8) is 0 Å². The van der Waals surface area contributed by atoms with E-state index in [0.29, 0.717) is 6.42 Å². The number of hydrogen-bond acceptors (Lipinski definition) is 3. The molecule has 4 nitrogen and oxygen atoms in total. The fourth-order valence-electron chi connectivity index (χ4n) is 1.63. The van der Waals surface area contributed by atoms with Gasteiger partial charge in [-0.3, -0.25) is 4.79 Å². The Labute approximate surface area is 74.4 Å². The van der Waals surface area contributed by atoms with Crippen LogP contribution in [0.25, 0.3) is 0 Å². The molecule has 6 heteroatoms. The van der Waals surface area contributed by atoms with Crippen LogP contribution in [0.2, 0.25) is 0 Å². The maximum absolute atomic E-state index is 11.2. The Kier molecular flexibility index (Phi) is 1.50. The number of rotatable bonds is 1. The molecule has 2 aliphatic rings. The first kappa shape index (κ1) is 8.07. The molecular formula is C6H6ClNO3S. The molecule has 2 bridgehead atoms. The average molecular weight is 208 g/mol. The summed E-state index contributed by atoms with van der Waals surface area (Å²) in [5.41, 5.74) is 0.